The lowest BCUT2D eigenvalue weighted by Crippen LogP contribution is -2.28. The summed E-state index contributed by atoms with van der Waals surface area (Å²) in [5.74, 6) is 0. The molecular formula is C28H55OP. The van der Waals surface area contributed by atoms with Crippen LogP contribution in [0.15, 0.2) is 0 Å². The number of unbranched alkanes of at least 4 members (excludes halogenated alkanes) is 15. The molecule has 0 aromatic heterocycles. The van der Waals surface area contributed by atoms with Gasteiger partial charge in [0.2, 0.25) is 0 Å². The van der Waals surface area contributed by atoms with Gasteiger partial charge in [-0.15, -0.1) is 0 Å². The van der Waals surface area contributed by atoms with E-state index in [0.29, 0.717) is 5.41 Å². The summed E-state index contributed by atoms with van der Waals surface area (Å²) in [5.41, 5.74) is 0.354. The quantitative estimate of drug-likeness (QED) is 0.129. The summed E-state index contributed by atoms with van der Waals surface area (Å²) >= 11 is 0. The van der Waals surface area contributed by atoms with Gasteiger partial charge in [0, 0.05) is 18.3 Å². The third-order valence-corrected chi connectivity index (χ3v) is 9.42. The van der Waals surface area contributed by atoms with Crippen molar-refractivity contribution in [3.8, 4) is 0 Å². The first kappa shape index (κ1) is 28.2. The van der Waals surface area contributed by atoms with E-state index in [1.807, 2.05) is 0 Å². The van der Waals surface area contributed by atoms with Gasteiger partial charge in [-0.2, -0.15) is 0 Å². The molecule has 0 fully saturated rings. The van der Waals surface area contributed by atoms with Gasteiger partial charge in [0.25, 0.3) is 0 Å². The third kappa shape index (κ3) is 11.7. The van der Waals surface area contributed by atoms with Crippen LogP contribution < -0.4 is 4.89 Å². The van der Waals surface area contributed by atoms with Gasteiger partial charge in [-0.3, -0.25) is 0 Å². The highest BCUT2D eigenvalue weighted by atomic mass is 31.1. The molecule has 0 spiro atoms. The molecule has 1 heterocycles. The smallest absolute Gasteiger partial charge is 0.103 e. The van der Waals surface area contributed by atoms with Crippen LogP contribution in [0.1, 0.15) is 162 Å². The maximum Gasteiger partial charge on any atom is 0.103 e. The van der Waals surface area contributed by atoms with Crippen LogP contribution in [0.2, 0.25) is 0 Å². The molecule has 0 aromatic rings. The number of hydrogen-bond donors (Lipinski definition) is 0. The van der Waals surface area contributed by atoms with Gasteiger partial charge in [0.05, 0.1) is 7.77 Å². The lowest BCUT2D eigenvalue weighted by Gasteiger charge is -2.30. The predicted molar refractivity (Wildman–Crippen MR) is 138 cm³/mol. The first-order valence-electron chi connectivity index (χ1n) is 14.0. The number of hydrogen-bond acceptors (Lipinski definition) is 1. The highest BCUT2D eigenvalue weighted by molar-refractivity contribution is 7.52. The Labute approximate surface area is 191 Å². The number of rotatable bonds is 21. The van der Waals surface area contributed by atoms with E-state index in [2.05, 4.69) is 20.8 Å². The van der Waals surface area contributed by atoms with Gasteiger partial charge >= 0.3 is 0 Å². The lowest BCUT2D eigenvalue weighted by atomic mass is 9.72. The molecule has 1 unspecified atom stereocenters. The van der Waals surface area contributed by atoms with Crippen LogP contribution in [-0.2, 0) is 0 Å². The van der Waals surface area contributed by atoms with Crippen molar-refractivity contribution in [2.24, 2.45) is 5.41 Å². The van der Waals surface area contributed by atoms with E-state index in [1.165, 1.54) is 147 Å². The third-order valence-electron chi connectivity index (χ3n) is 7.49. The maximum atomic E-state index is 13.0. The van der Waals surface area contributed by atoms with Crippen LogP contribution >= 0.6 is 7.77 Å². The van der Waals surface area contributed by atoms with Crippen LogP contribution in [0.5, 0.6) is 0 Å². The summed E-state index contributed by atoms with van der Waals surface area (Å²) < 4.78 is 0. The second kappa shape index (κ2) is 18.7. The largest absolute Gasteiger partial charge is 0.630 e. The van der Waals surface area contributed by atoms with Gasteiger partial charge in [-0.05, 0) is 19.3 Å². The molecule has 0 saturated heterocycles. The minimum atomic E-state index is -1.04. The van der Waals surface area contributed by atoms with Crippen LogP contribution in [-0.4, -0.2) is 11.5 Å². The second-order valence-corrected chi connectivity index (χ2v) is 11.9. The Balaban J connectivity index is 2.55. The Hall–Kier alpha value is 0.130. The molecular weight excluding hydrogens is 383 g/mol. The van der Waals surface area contributed by atoms with Crippen LogP contribution in [0.25, 0.3) is 0 Å². The van der Waals surface area contributed by atoms with Crippen LogP contribution in [0.3, 0.4) is 0 Å². The van der Waals surface area contributed by atoms with Crippen LogP contribution in [0, 0.1) is 5.41 Å². The van der Waals surface area contributed by atoms with Crippen molar-refractivity contribution in [2.45, 2.75) is 162 Å². The summed E-state index contributed by atoms with van der Waals surface area (Å²) in [4.78, 5) is 13.0. The first-order chi connectivity index (χ1) is 14.7. The summed E-state index contributed by atoms with van der Waals surface area (Å²) in [7, 11) is -1.04. The summed E-state index contributed by atoms with van der Waals surface area (Å²) in [5, 5.41) is 1.54. The van der Waals surface area contributed by atoms with E-state index < -0.39 is 7.77 Å². The lowest BCUT2D eigenvalue weighted by molar-refractivity contribution is -0.152. The first-order valence-corrected chi connectivity index (χ1v) is 15.5. The second-order valence-electron chi connectivity index (χ2n) is 10.1. The zero-order chi connectivity index (χ0) is 21.9. The Morgan fingerprint density at radius 1 is 0.600 bits per heavy atom. The molecule has 0 aliphatic carbocycles. The Morgan fingerprint density at radius 3 is 1.47 bits per heavy atom. The van der Waals surface area contributed by atoms with Crippen molar-refractivity contribution in [3.63, 3.8) is 0 Å². The van der Waals surface area contributed by atoms with Gasteiger partial charge in [-0.1, -0.05) is 130 Å². The predicted octanol–water partition coefficient (Wildman–Crippen LogP) is 9.56. The van der Waals surface area contributed by atoms with E-state index in [4.69, 9.17) is 0 Å². The van der Waals surface area contributed by atoms with E-state index >= 15 is 0 Å². The van der Waals surface area contributed by atoms with E-state index in [9.17, 15) is 4.89 Å². The van der Waals surface area contributed by atoms with Gasteiger partial charge < -0.3 is 4.89 Å². The molecule has 1 aliphatic rings. The summed E-state index contributed by atoms with van der Waals surface area (Å²) in [6.07, 6.45) is 30.7. The zero-order valence-corrected chi connectivity index (χ0v) is 22.0. The van der Waals surface area contributed by atoms with Gasteiger partial charge in [0.1, 0.15) is 11.5 Å². The monoisotopic (exact) mass is 438 g/mol. The Bertz CT molecular complexity index is 412. The molecule has 0 amide bonds. The van der Waals surface area contributed by atoms with Crippen molar-refractivity contribution in [1.29, 1.82) is 0 Å². The molecule has 0 aromatic carbocycles. The molecule has 1 rings (SSSR count). The standard InChI is InChI=1S/C28H55OP/c1-4-7-10-13-16-19-22-27-28(25-26-30(27)29,23-20-17-14-11-8-5-2)24-21-18-15-12-9-6-3/h4-26H2,1-3H3. The average Bonchev–Trinajstić information content (AvgIpc) is 3.06. The molecule has 1 nitrogen and oxygen atoms in total. The van der Waals surface area contributed by atoms with Crippen molar-refractivity contribution in [3.05, 3.63) is 0 Å². The average molecular weight is 439 g/mol. The SMILES string of the molecule is CCCCCCCCC1=[P+]([O-])CCC1(CCCCCCCC)CCCCCCCC. The van der Waals surface area contributed by atoms with Crippen molar-refractivity contribution in [1.82, 2.24) is 0 Å². The van der Waals surface area contributed by atoms with E-state index in [1.54, 1.807) is 0 Å². The molecule has 2 heteroatoms. The Kier molecular flexibility index (Phi) is 17.5. The fourth-order valence-electron chi connectivity index (χ4n) is 5.47. The van der Waals surface area contributed by atoms with Crippen molar-refractivity contribution in [2.75, 3.05) is 6.16 Å². The molecule has 0 radical (unpaired) electrons. The summed E-state index contributed by atoms with van der Waals surface area (Å²) in [6.45, 7) is 6.89. The molecule has 0 bridgehead atoms. The highest BCUT2D eigenvalue weighted by Crippen LogP contribution is 2.49. The highest BCUT2D eigenvalue weighted by Gasteiger charge is 2.43. The van der Waals surface area contributed by atoms with E-state index in [-0.39, 0.29) is 0 Å². The van der Waals surface area contributed by atoms with E-state index in [0.717, 1.165) is 6.16 Å². The van der Waals surface area contributed by atoms with Crippen molar-refractivity contribution < 1.29 is 4.89 Å². The topological polar surface area (TPSA) is 23.1 Å². The molecule has 178 valence electrons. The summed E-state index contributed by atoms with van der Waals surface area (Å²) in [6, 6.07) is 0. The fourth-order valence-corrected chi connectivity index (χ4v) is 7.65. The minimum Gasteiger partial charge on any atom is -0.630 e. The fraction of sp³-hybridized carbons (Fsp3) is 0.964. The van der Waals surface area contributed by atoms with Gasteiger partial charge in [-0.25, -0.2) is 0 Å². The maximum absolute atomic E-state index is 13.0. The molecule has 1 atom stereocenters. The van der Waals surface area contributed by atoms with Crippen molar-refractivity contribution >= 4 is 13.1 Å². The molecule has 30 heavy (non-hydrogen) atoms. The van der Waals surface area contributed by atoms with Crippen LogP contribution in [0.4, 0.5) is 0 Å². The minimum absolute atomic E-state index is 0.354. The van der Waals surface area contributed by atoms with Gasteiger partial charge in [0.15, 0.2) is 0 Å². The molecule has 1 aliphatic heterocycles. The zero-order valence-electron chi connectivity index (χ0n) is 21.1. The molecule has 0 N–H and O–H groups in total. The Morgan fingerprint density at radius 2 is 1.00 bits per heavy atom. The molecule has 0 saturated carbocycles. The normalized spacial score (nSPS) is 17.2.